The molecule has 1 aromatic carbocycles. The number of aliphatic hydroxyl groups is 1. The van der Waals surface area contributed by atoms with Crippen LogP contribution in [0, 0.1) is 6.92 Å². The largest absolute Gasteiger partial charge is 0.389 e. The van der Waals surface area contributed by atoms with E-state index in [0.29, 0.717) is 6.54 Å². The first kappa shape index (κ1) is 12.2. The van der Waals surface area contributed by atoms with Crippen molar-refractivity contribution in [1.29, 1.82) is 0 Å². The van der Waals surface area contributed by atoms with Crippen molar-refractivity contribution >= 4 is 0 Å². The minimum absolute atomic E-state index is 0.593. The maximum atomic E-state index is 9.79. The smallest absolute Gasteiger partial charge is 0.0741 e. The zero-order chi connectivity index (χ0) is 11.3. The molecule has 0 spiro atoms. The van der Waals surface area contributed by atoms with Crippen LogP contribution in [0.5, 0.6) is 0 Å². The molecule has 0 aliphatic rings. The van der Waals surface area contributed by atoms with E-state index < -0.39 is 5.60 Å². The first-order valence-electron chi connectivity index (χ1n) is 5.52. The average Bonchev–Trinajstić information content (AvgIpc) is 2.18. The topological polar surface area (TPSA) is 32.3 Å². The van der Waals surface area contributed by atoms with Crippen LogP contribution >= 0.6 is 0 Å². The molecule has 0 amide bonds. The van der Waals surface area contributed by atoms with E-state index in [1.165, 1.54) is 11.1 Å². The van der Waals surface area contributed by atoms with Crippen LogP contribution in [0.2, 0.25) is 0 Å². The molecule has 0 aliphatic heterocycles. The van der Waals surface area contributed by atoms with Crippen molar-refractivity contribution in [3.63, 3.8) is 0 Å². The summed E-state index contributed by atoms with van der Waals surface area (Å²) >= 11 is 0. The second-order valence-corrected chi connectivity index (χ2v) is 4.44. The fourth-order valence-corrected chi connectivity index (χ4v) is 1.42. The van der Waals surface area contributed by atoms with Gasteiger partial charge in [-0.3, -0.25) is 0 Å². The third-order valence-corrected chi connectivity index (χ3v) is 2.68. The van der Waals surface area contributed by atoms with Crippen molar-refractivity contribution in [2.75, 3.05) is 6.54 Å². The van der Waals surface area contributed by atoms with E-state index in [4.69, 9.17) is 0 Å². The Bertz CT molecular complexity index is 307. The number of rotatable bonds is 5. The zero-order valence-electron chi connectivity index (χ0n) is 9.88. The lowest BCUT2D eigenvalue weighted by Crippen LogP contribution is -2.36. The van der Waals surface area contributed by atoms with Crippen LogP contribution in [0.1, 0.15) is 31.4 Å². The summed E-state index contributed by atoms with van der Waals surface area (Å²) in [5, 5.41) is 13.1. The number of benzene rings is 1. The normalized spacial score (nSPS) is 14.9. The quantitative estimate of drug-likeness (QED) is 0.776. The third-order valence-electron chi connectivity index (χ3n) is 2.68. The molecule has 1 atom stereocenters. The molecule has 0 aliphatic carbocycles. The number of hydrogen-bond donors (Lipinski definition) is 2. The Morgan fingerprint density at radius 1 is 1.40 bits per heavy atom. The van der Waals surface area contributed by atoms with Gasteiger partial charge in [-0.1, -0.05) is 36.8 Å². The van der Waals surface area contributed by atoms with Gasteiger partial charge in [-0.15, -0.1) is 0 Å². The summed E-state index contributed by atoms with van der Waals surface area (Å²) in [6.07, 6.45) is 0.772. The molecule has 2 nitrogen and oxygen atoms in total. The lowest BCUT2D eigenvalue weighted by molar-refractivity contribution is 0.0555. The molecule has 0 saturated carbocycles. The minimum Gasteiger partial charge on any atom is -0.389 e. The molecule has 0 bridgehead atoms. The Balaban J connectivity index is 2.38. The van der Waals surface area contributed by atoms with Crippen LogP contribution in [0.15, 0.2) is 24.3 Å². The number of aryl methyl sites for hydroxylation is 1. The molecule has 84 valence electrons. The zero-order valence-corrected chi connectivity index (χ0v) is 9.88. The molecule has 2 N–H and O–H groups in total. The van der Waals surface area contributed by atoms with Gasteiger partial charge in [-0.25, -0.2) is 0 Å². The van der Waals surface area contributed by atoms with Gasteiger partial charge in [0, 0.05) is 13.1 Å². The molecule has 0 heterocycles. The van der Waals surface area contributed by atoms with Crippen molar-refractivity contribution in [2.24, 2.45) is 0 Å². The summed E-state index contributed by atoms with van der Waals surface area (Å²) < 4.78 is 0. The SMILES string of the molecule is CCC(C)(O)CNCc1cccc(C)c1. The van der Waals surface area contributed by atoms with Crippen LogP contribution in [-0.2, 0) is 6.54 Å². The molecule has 0 radical (unpaired) electrons. The Kier molecular flexibility index (Phi) is 4.30. The fraction of sp³-hybridized carbons (Fsp3) is 0.538. The second kappa shape index (κ2) is 5.29. The maximum Gasteiger partial charge on any atom is 0.0741 e. The summed E-state index contributed by atoms with van der Waals surface area (Å²) in [4.78, 5) is 0. The van der Waals surface area contributed by atoms with E-state index in [1.54, 1.807) is 0 Å². The van der Waals surface area contributed by atoms with E-state index in [2.05, 4.69) is 36.5 Å². The van der Waals surface area contributed by atoms with Gasteiger partial charge in [0.15, 0.2) is 0 Å². The van der Waals surface area contributed by atoms with Crippen LogP contribution < -0.4 is 5.32 Å². The van der Waals surface area contributed by atoms with E-state index >= 15 is 0 Å². The first-order valence-corrected chi connectivity index (χ1v) is 5.52. The summed E-state index contributed by atoms with van der Waals surface area (Å²) in [6, 6.07) is 8.41. The molecule has 1 aromatic rings. The van der Waals surface area contributed by atoms with Gasteiger partial charge in [-0.2, -0.15) is 0 Å². The summed E-state index contributed by atoms with van der Waals surface area (Å²) in [5.41, 5.74) is 1.95. The molecule has 0 aromatic heterocycles. The monoisotopic (exact) mass is 207 g/mol. The van der Waals surface area contributed by atoms with Crippen LogP contribution in [0.3, 0.4) is 0 Å². The van der Waals surface area contributed by atoms with Crippen molar-refractivity contribution in [2.45, 2.75) is 39.3 Å². The lowest BCUT2D eigenvalue weighted by atomic mass is 10.0. The molecule has 1 unspecified atom stereocenters. The molecule has 1 rings (SSSR count). The van der Waals surface area contributed by atoms with Gasteiger partial charge in [0.2, 0.25) is 0 Å². The summed E-state index contributed by atoms with van der Waals surface area (Å²) in [5.74, 6) is 0. The molecule has 15 heavy (non-hydrogen) atoms. The summed E-state index contributed by atoms with van der Waals surface area (Å²) in [7, 11) is 0. The number of nitrogens with one attached hydrogen (secondary N) is 1. The highest BCUT2D eigenvalue weighted by Gasteiger charge is 2.15. The van der Waals surface area contributed by atoms with E-state index in [-0.39, 0.29) is 0 Å². The van der Waals surface area contributed by atoms with E-state index in [9.17, 15) is 5.11 Å². The van der Waals surface area contributed by atoms with Gasteiger partial charge in [0.1, 0.15) is 0 Å². The molecular weight excluding hydrogens is 186 g/mol. The third kappa shape index (κ3) is 4.45. The Morgan fingerprint density at radius 2 is 2.13 bits per heavy atom. The van der Waals surface area contributed by atoms with Crippen LogP contribution in [0.25, 0.3) is 0 Å². The van der Waals surface area contributed by atoms with Crippen molar-refractivity contribution in [3.05, 3.63) is 35.4 Å². The van der Waals surface area contributed by atoms with Gasteiger partial charge in [-0.05, 0) is 25.8 Å². The fourth-order valence-electron chi connectivity index (χ4n) is 1.42. The van der Waals surface area contributed by atoms with Gasteiger partial charge >= 0.3 is 0 Å². The van der Waals surface area contributed by atoms with Gasteiger partial charge in [0.05, 0.1) is 5.60 Å². The maximum absolute atomic E-state index is 9.79. The molecule has 0 fully saturated rings. The molecule has 2 heteroatoms. The summed E-state index contributed by atoms with van der Waals surface area (Å²) in [6.45, 7) is 7.39. The van der Waals surface area contributed by atoms with Gasteiger partial charge in [0.25, 0.3) is 0 Å². The standard InChI is InChI=1S/C13H21NO/c1-4-13(3,15)10-14-9-12-7-5-6-11(2)8-12/h5-8,14-15H,4,9-10H2,1-3H3. The highest BCUT2D eigenvalue weighted by atomic mass is 16.3. The highest BCUT2D eigenvalue weighted by Crippen LogP contribution is 2.07. The molecule has 0 saturated heterocycles. The Labute approximate surface area is 92.3 Å². The Hall–Kier alpha value is -0.860. The second-order valence-electron chi connectivity index (χ2n) is 4.44. The van der Waals surface area contributed by atoms with E-state index in [1.807, 2.05) is 13.8 Å². The molecular formula is C13H21NO. The van der Waals surface area contributed by atoms with Crippen molar-refractivity contribution in [1.82, 2.24) is 5.32 Å². The van der Waals surface area contributed by atoms with Crippen LogP contribution in [0.4, 0.5) is 0 Å². The first-order chi connectivity index (χ1) is 7.03. The lowest BCUT2D eigenvalue weighted by Gasteiger charge is -2.21. The minimum atomic E-state index is -0.593. The van der Waals surface area contributed by atoms with Crippen LogP contribution in [-0.4, -0.2) is 17.3 Å². The van der Waals surface area contributed by atoms with Gasteiger partial charge < -0.3 is 10.4 Å². The number of hydrogen-bond acceptors (Lipinski definition) is 2. The average molecular weight is 207 g/mol. The Morgan fingerprint density at radius 3 is 2.73 bits per heavy atom. The van der Waals surface area contributed by atoms with Crippen molar-refractivity contribution in [3.8, 4) is 0 Å². The van der Waals surface area contributed by atoms with Crippen molar-refractivity contribution < 1.29 is 5.11 Å². The predicted molar refractivity (Wildman–Crippen MR) is 63.8 cm³/mol. The predicted octanol–water partition coefficient (Wildman–Crippen LogP) is 2.25. The van der Waals surface area contributed by atoms with E-state index in [0.717, 1.165) is 13.0 Å². The highest BCUT2D eigenvalue weighted by molar-refractivity contribution is 5.21.